The van der Waals surface area contributed by atoms with Gasteiger partial charge in [-0.1, -0.05) is 18.2 Å². The van der Waals surface area contributed by atoms with Gasteiger partial charge < -0.3 is 9.88 Å². The quantitative estimate of drug-likeness (QED) is 0.769. The third-order valence-corrected chi connectivity index (χ3v) is 4.78. The summed E-state index contributed by atoms with van der Waals surface area (Å²) in [4.78, 5) is 16.8. The van der Waals surface area contributed by atoms with Crippen molar-refractivity contribution in [3.05, 3.63) is 66.0 Å². The van der Waals surface area contributed by atoms with Gasteiger partial charge in [-0.05, 0) is 37.5 Å². The third-order valence-electron chi connectivity index (χ3n) is 4.78. The summed E-state index contributed by atoms with van der Waals surface area (Å²) in [5, 5.41) is 7.55. The largest absolute Gasteiger partial charge is 0.352 e. The Morgan fingerprint density at radius 2 is 2.12 bits per heavy atom. The normalized spacial score (nSPS) is 16.3. The third kappa shape index (κ3) is 3.69. The number of aryl methyl sites for hydroxylation is 3. The van der Waals surface area contributed by atoms with Crippen LogP contribution in [-0.4, -0.2) is 31.3 Å². The highest BCUT2D eigenvalue weighted by atomic mass is 16.1. The molecular formula is C20H23N5O. The number of para-hydroxylation sites is 1. The highest BCUT2D eigenvalue weighted by Gasteiger charge is 2.21. The van der Waals surface area contributed by atoms with Gasteiger partial charge in [0.25, 0.3) is 0 Å². The molecule has 1 aliphatic heterocycles. The van der Waals surface area contributed by atoms with Gasteiger partial charge in [-0.15, -0.1) is 0 Å². The zero-order chi connectivity index (χ0) is 17.9. The topological polar surface area (TPSA) is 64.7 Å². The van der Waals surface area contributed by atoms with Crippen molar-refractivity contribution in [3.8, 4) is 5.69 Å². The van der Waals surface area contributed by atoms with Crippen molar-refractivity contribution >= 4 is 5.91 Å². The van der Waals surface area contributed by atoms with Crippen molar-refractivity contribution in [2.75, 3.05) is 0 Å². The zero-order valence-electron chi connectivity index (χ0n) is 14.9. The van der Waals surface area contributed by atoms with Crippen LogP contribution >= 0.6 is 0 Å². The highest BCUT2D eigenvalue weighted by molar-refractivity contribution is 5.76. The molecule has 1 amide bonds. The number of amides is 1. The van der Waals surface area contributed by atoms with E-state index < -0.39 is 0 Å². The van der Waals surface area contributed by atoms with Crippen LogP contribution in [-0.2, 0) is 24.2 Å². The molecule has 1 aliphatic rings. The van der Waals surface area contributed by atoms with Gasteiger partial charge in [-0.25, -0.2) is 9.67 Å². The maximum Gasteiger partial charge on any atom is 0.220 e. The van der Waals surface area contributed by atoms with E-state index in [4.69, 9.17) is 0 Å². The van der Waals surface area contributed by atoms with Crippen molar-refractivity contribution in [1.82, 2.24) is 24.6 Å². The standard InChI is InChI=1S/C20H23N5O/c1-15-12-24-14-17(8-9-19(24)22-15)23-20(26)10-7-16-11-21-25(13-16)18-5-3-2-4-6-18/h2-6,11-13,17H,7-10,14H2,1H3,(H,23,26)/t17-/m1/s1. The molecule has 3 heterocycles. The first-order valence-corrected chi connectivity index (χ1v) is 9.08. The number of nitrogens with one attached hydrogen (secondary N) is 1. The highest BCUT2D eigenvalue weighted by Crippen LogP contribution is 2.15. The Kier molecular flexibility index (Phi) is 4.56. The first-order valence-electron chi connectivity index (χ1n) is 9.08. The van der Waals surface area contributed by atoms with Gasteiger partial charge in [-0.3, -0.25) is 4.79 Å². The first-order chi connectivity index (χ1) is 12.7. The lowest BCUT2D eigenvalue weighted by atomic mass is 10.1. The molecule has 0 spiro atoms. The number of benzene rings is 1. The fourth-order valence-corrected chi connectivity index (χ4v) is 3.47. The van der Waals surface area contributed by atoms with Crippen molar-refractivity contribution in [1.29, 1.82) is 0 Å². The van der Waals surface area contributed by atoms with E-state index in [9.17, 15) is 4.79 Å². The minimum atomic E-state index is 0.0998. The van der Waals surface area contributed by atoms with Crippen LogP contribution < -0.4 is 5.32 Å². The molecule has 0 saturated heterocycles. The molecule has 6 heteroatoms. The van der Waals surface area contributed by atoms with Gasteiger partial charge in [0.05, 0.1) is 17.6 Å². The van der Waals surface area contributed by atoms with E-state index in [1.165, 1.54) is 0 Å². The monoisotopic (exact) mass is 349 g/mol. The smallest absolute Gasteiger partial charge is 0.220 e. The van der Waals surface area contributed by atoms with Crippen LogP contribution in [0.4, 0.5) is 0 Å². The Balaban J connectivity index is 1.29. The number of imidazole rings is 1. The van der Waals surface area contributed by atoms with Gasteiger partial charge >= 0.3 is 0 Å². The van der Waals surface area contributed by atoms with E-state index >= 15 is 0 Å². The van der Waals surface area contributed by atoms with Crippen molar-refractivity contribution in [3.63, 3.8) is 0 Å². The number of carbonyl (C=O) groups is 1. The molecule has 1 N–H and O–H groups in total. The second kappa shape index (κ2) is 7.15. The Labute approximate surface area is 152 Å². The molecule has 1 aromatic carbocycles. The predicted molar refractivity (Wildman–Crippen MR) is 99.1 cm³/mol. The molecule has 0 fully saturated rings. The first kappa shape index (κ1) is 16.6. The lowest BCUT2D eigenvalue weighted by Gasteiger charge is -2.24. The van der Waals surface area contributed by atoms with Gasteiger partial charge in [0, 0.05) is 37.8 Å². The molecule has 0 bridgehead atoms. The molecular weight excluding hydrogens is 326 g/mol. The fraction of sp³-hybridized carbons (Fsp3) is 0.350. The molecule has 3 aromatic rings. The Bertz CT molecular complexity index is 896. The average molecular weight is 349 g/mol. The SMILES string of the molecule is Cc1cn2c(n1)CC[C@@H](NC(=O)CCc1cnn(-c3ccccc3)c1)C2. The van der Waals surface area contributed by atoms with Gasteiger partial charge in [0.15, 0.2) is 0 Å². The summed E-state index contributed by atoms with van der Waals surface area (Å²) in [5.41, 5.74) is 3.14. The van der Waals surface area contributed by atoms with Crippen LogP contribution in [0.25, 0.3) is 5.69 Å². The number of fused-ring (bicyclic) bond motifs is 1. The second-order valence-electron chi connectivity index (χ2n) is 6.88. The van der Waals surface area contributed by atoms with E-state index in [0.717, 1.165) is 42.2 Å². The zero-order valence-corrected chi connectivity index (χ0v) is 14.9. The molecule has 134 valence electrons. The summed E-state index contributed by atoms with van der Waals surface area (Å²) in [7, 11) is 0. The summed E-state index contributed by atoms with van der Waals surface area (Å²) in [5.74, 6) is 1.23. The van der Waals surface area contributed by atoms with Crippen LogP contribution in [0, 0.1) is 6.92 Å². The lowest BCUT2D eigenvalue weighted by Crippen LogP contribution is -2.40. The molecule has 2 aromatic heterocycles. The number of rotatable bonds is 5. The van der Waals surface area contributed by atoms with Gasteiger partial charge in [0.2, 0.25) is 5.91 Å². The fourth-order valence-electron chi connectivity index (χ4n) is 3.47. The van der Waals surface area contributed by atoms with Crippen LogP contribution in [0.5, 0.6) is 0 Å². The maximum absolute atomic E-state index is 12.3. The number of hydrogen-bond acceptors (Lipinski definition) is 3. The number of hydrogen-bond donors (Lipinski definition) is 1. The number of nitrogens with zero attached hydrogens (tertiary/aromatic N) is 4. The van der Waals surface area contributed by atoms with E-state index in [1.807, 2.05) is 54.3 Å². The number of aromatic nitrogens is 4. The average Bonchev–Trinajstić information content (AvgIpc) is 3.26. The van der Waals surface area contributed by atoms with E-state index in [-0.39, 0.29) is 11.9 Å². The van der Waals surface area contributed by atoms with Crippen LogP contribution in [0.15, 0.2) is 48.9 Å². The summed E-state index contributed by atoms with van der Waals surface area (Å²) in [6, 6.07) is 10.2. The predicted octanol–water partition coefficient (Wildman–Crippen LogP) is 2.44. The van der Waals surface area contributed by atoms with Crippen molar-refractivity contribution < 1.29 is 4.79 Å². The van der Waals surface area contributed by atoms with Crippen LogP contribution in [0.3, 0.4) is 0 Å². The van der Waals surface area contributed by atoms with E-state index in [2.05, 4.69) is 26.2 Å². The molecule has 1 atom stereocenters. The van der Waals surface area contributed by atoms with E-state index in [0.29, 0.717) is 12.8 Å². The number of carbonyl (C=O) groups excluding carboxylic acids is 1. The molecule has 6 nitrogen and oxygen atoms in total. The van der Waals surface area contributed by atoms with Crippen molar-refractivity contribution in [2.45, 2.75) is 45.2 Å². The van der Waals surface area contributed by atoms with Gasteiger partial charge in [0.1, 0.15) is 5.82 Å². The summed E-state index contributed by atoms with van der Waals surface area (Å²) < 4.78 is 4.00. The second-order valence-corrected chi connectivity index (χ2v) is 6.88. The lowest BCUT2D eigenvalue weighted by molar-refractivity contribution is -0.122. The Morgan fingerprint density at radius 3 is 2.96 bits per heavy atom. The maximum atomic E-state index is 12.3. The van der Waals surface area contributed by atoms with Crippen molar-refractivity contribution in [2.24, 2.45) is 0 Å². The van der Waals surface area contributed by atoms with E-state index in [1.54, 1.807) is 0 Å². The molecule has 26 heavy (non-hydrogen) atoms. The van der Waals surface area contributed by atoms with Crippen LogP contribution in [0.2, 0.25) is 0 Å². The molecule has 4 rings (SSSR count). The molecule has 0 aliphatic carbocycles. The molecule has 0 saturated carbocycles. The summed E-state index contributed by atoms with van der Waals surface area (Å²) in [6.45, 7) is 2.82. The summed E-state index contributed by atoms with van der Waals surface area (Å²) in [6.07, 6.45) is 8.93. The molecule has 0 radical (unpaired) electrons. The Hall–Kier alpha value is -2.89. The minimum absolute atomic E-state index is 0.0998. The summed E-state index contributed by atoms with van der Waals surface area (Å²) >= 11 is 0. The Morgan fingerprint density at radius 1 is 1.27 bits per heavy atom. The minimum Gasteiger partial charge on any atom is -0.352 e. The van der Waals surface area contributed by atoms with Crippen LogP contribution in [0.1, 0.15) is 29.9 Å². The van der Waals surface area contributed by atoms with Gasteiger partial charge in [-0.2, -0.15) is 5.10 Å². The molecule has 0 unspecified atom stereocenters.